The molecule has 0 unspecified atom stereocenters. The summed E-state index contributed by atoms with van der Waals surface area (Å²) in [6.07, 6.45) is 0. The number of halogens is 1. The predicted molar refractivity (Wildman–Crippen MR) is 58.2 cm³/mol. The Bertz CT molecular complexity index is 454. The summed E-state index contributed by atoms with van der Waals surface area (Å²) >= 11 is 0. The summed E-state index contributed by atoms with van der Waals surface area (Å²) in [5, 5.41) is 9.14. The molecule has 0 spiro atoms. The lowest BCUT2D eigenvalue weighted by Gasteiger charge is -2.03. The van der Waals surface area contributed by atoms with Crippen LogP contribution in [0.15, 0.2) is 42.5 Å². The summed E-state index contributed by atoms with van der Waals surface area (Å²) in [6, 6.07) is 11.6. The van der Waals surface area contributed by atoms with Crippen LogP contribution in [0.25, 0.3) is 11.1 Å². The van der Waals surface area contributed by atoms with Crippen LogP contribution in [0, 0.1) is 12.7 Å². The molecule has 0 bridgehead atoms. The first-order valence-corrected chi connectivity index (χ1v) is 4.72. The number of benzene rings is 2. The van der Waals surface area contributed by atoms with Gasteiger partial charge >= 0.3 is 0 Å². The van der Waals surface area contributed by atoms with Crippen molar-refractivity contribution in [2.75, 3.05) is 0 Å². The molecule has 0 aromatic heterocycles. The minimum Gasteiger partial charge on any atom is -0.508 e. The molecule has 0 radical (unpaired) electrons. The van der Waals surface area contributed by atoms with Gasteiger partial charge in [-0.1, -0.05) is 18.2 Å². The van der Waals surface area contributed by atoms with Crippen molar-refractivity contribution in [3.8, 4) is 16.9 Å². The van der Waals surface area contributed by atoms with Crippen molar-refractivity contribution in [2.24, 2.45) is 0 Å². The maximum atomic E-state index is 13.1. The normalized spacial score (nSPS) is 10.3. The highest BCUT2D eigenvalue weighted by Crippen LogP contribution is 2.23. The van der Waals surface area contributed by atoms with Crippen LogP contribution < -0.4 is 0 Å². The molecule has 0 saturated carbocycles. The number of phenolic OH excluding ortho intramolecular Hbond substituents is 1. The fourth-order valence-corrected chi connectivity index (χ4v) is 1.56. The van der Waals surface area contributed by atoms with Gasteiger partial charge in [0.25, 0.3) is 0 Å². The molecule has 0 aliphatic heterocycles. The van der Waals surface area contributed by atoms with Crippen LogP contribution in [0.4, 0.5) is 4.39 Å². The van der Waals surface area contributed by atoms with Crippen LogP contribution in [0.1, 0.15) is 5.56 Å². The molecule has 0 aliphatic rings. The monoisotopic (exact) mass is 202 g/mol. The molecule has 2 aromatic carbocycles. The number of hydrogen-bond acceptors (Lipinski definition) is 1. The van der Waals surface area contributed by atoms with Crippen LogP contribution in [-0.4, -0.2) is 5.11 Å². The van der Waals surface area contributed by atoms with E-state index in [1.54, 1.807) is 24.3 Å². The van der Waals surface area contributed by atoms with Gasteiger partial charge in [-0.15, -0.1) is 0 Å². The molecule has 1 N–H and O–H groups in total. The van der Waals surface area contributed by atoms with E-state index in [0.717, 1.165) is 16.7 Å². The van der Waals surface area contributed by atoms with E-state index in [-0.39, 0.29) is 11.6 Å². The molecule has 0 fully saturated rings. The lowest BCUT2D eigenvalue weighted by Crippen LogP contribution is -1.82. The fourth-order valence-electron chi connectivity index (χ4n) is 1.56. The molecule has 1 nitrogen and oxygen atoms in total. The van der Waals surface area contributed by atoms with Crippen LogP contribution >= 0.6 is 0 Å². The minimum absolute atomic E-state index is 0.215. The topological polar surface area (TPSA) is 20.2 Å². The van der Waals surface area contributed by atoms with Gasteiger partial charge < -0.3 is 5.11 Å². The summed E-state index contributed by atoms with van der Waals surface area (Å²) < 4.78 is 13.1. The van der Waals surface area contributed by atoms with E-state index >= 15 is 0 Å². The number of aromatic hydroxyl groups is 1. The van der Waals surface area contributed by atoms with E-state index in [0.29, 0.717) is 0 Å². The predicted octanol–water partition coefficient (Wildman–Crippen LogP) is 3.51. The maximum absolute atomic E-state index is 13.1. The Morgan fingerprint density at radius 2 is 1.60 bits per heavy atom. The lowest BCUT2D eigenvalue weighted by molar-refractivity contribution is 0.475. The van der Waals surface area contributed by atoms with Crippen LogP contribution in [-0.2, 0) is 0 Å². The van der Waals surface area contributed by atoms with E-state index in [1.165, 1.54) is 12.1 Å². The summed E-state index contributed by atoms with van der Waals surface area (Å²) in [4.78, 5) is 0. The quantitative estimate of drug-likeness (QED) is 0.750. The van der Waals surface area contributed by atoms with Gasteiger partial charge in [-0.25, -0.2) is 4.39 Å². The molecule has 15 heavy (non-hydrogen) atoms. The van der Waals surface area contributed by atoms with E-state index in [1.807, 2.05) is 13.0 Å². The second-order valence-corrected chi connectivity index (χ2v) is 3.56. The highest BCUT2D eigenvalue weighted by molar-refractivity contribution is 5.64. The maximum Gasteiger partial charge on any atom is 0.124 e. The highest BCUT2D eigenvalue weighted by atomic mass is 19.1. The van der Waals surface area contributed by atoms with Gasteiger partial charge in [0.15, 0.2) is 0 Å². The molecular weight excluding hydrogens is 191 g/mol. The van der Waals surface area contributed by atoms with Crippen LogP contribution in [0.2, 0.25) is 0 Å². The van der Waals surface area contributed by atoms with Crippen molar-refractivity contribution >= 4 is 0 Å². The third-order valence-corrected chi connectivity index (χ3v) is 2.24. The van der Waals surface area contributed by atoms with E-state index < -0.39 is 0 Å². The Morgan fingerprint density at radius 1 is 0.933 bits per heavy atom. The number of rotatable bonds is 1. The zero-order valence-corrected chi connectivity index (χ0v) is 8.37. The Hall–Kier alpha value is -1.83. The number of hydrogen-bond donors (Lipinski definition) is 1. The second kappa shape index (κ2) is 3.73. The molecule has 2 heteroatoms. The smallest absolute Gasteiger partial charge is 0.124 e. The van der Waals surface area contributed by atoms with Crippen molar-refractivity contribution < 1.29 is 9.50 Å². The van der Waals surface area contributed by atoms with Gasteiger partial charge in [0.05, 0.1) is 0 Å². The molecule has 0 aliphatic carbocycles. The van der Waals surface area contributed by atoms with Crippen molar-refractivity contribution in [3.05, 3.63) is 53.8 Å². The average Bonchev–Trinajstić information content (AvgIpc) is 2.17. The van der Waals surface area contributed by atoms with Crippen molar-refractivity contribution in [1.29, 1.82) is 0 Å². The molecule has 2 aromatic rings. The Labute approximate surface area is 87.8 Å². The zero-order valence-electron chi connectivity index (χ0n) is 8.37. The fraction of sp³-hybridized carbons (Fsp3) is 0.0769. The Kier molecular flexibility index (Phi) is 2.42. The van der Waals surface area contributed by atoms with E-state index in [9.17, 15) is 4.39 Å². The van der Waals surface area contributed by atoms with E-state index in [2.05, 4.69) is 0 Å². The molecule has 0 saturated heterocycles. The number of aryl methyl sites for hydroxylation is 1. The summed E-state index contributed by atoms with van der Waals surface area (Å²) in [5.41, 5.74) is 2.61. The van der Waals surface area contributed by atoms with Gasteiger partial charge in [-0.3, -0.25) is 0 Å². The summed E-state index contributed by atoms with van der Waals surface area (Å²) in [7, 11) is 0. The molecular formula is C13H11FO. The van der Waals surface area contributed by atoms with Crippen molar-refractivity contribution in [2.45, 2.75) is 6.92 Å². The molecule has 2 rings (SSSR count). The van der Waals surface area contributed by atoms with Crippen LogP contribution in [0.3, 0.4) is 0 Å². The zero-order chi connectivity index (χ0) is 10.8. The first-order chi connectivity index (χ1) is 7.15. The standard InChI is InChI=1S/C13H11FO/c1-9-6-11(8-12(14)7-9)10-2-4-13(15)5-3-10/h2-8,15H,1H3. The van der Waals surface area contributed by atoms with Gasteiger partial charge in [0.1, 0.15) is 11.6 Å². The van der Waals surface area contributed by atoms with Crippen molar-refractivity contribution in [1.82, 2.24) is 0 Å². The van der Waals surface area contributed by atoms with E-state index in [4.69, 9.17) is 5.11 Å². The van der Waals surface area contributed by atoms with Gasteiger partial charge in [0.2, 0.25) is 0 Å². The van der Waals surface area contributed by atoms with Gasteiger partial charge in [0, 0.05) is 0 Å². The van der Waals surface area contributed by atoms with Crippen LogP contribution in [0.5, 0.6) is 5.75 Å². The molecule has 0 amide bonds. The molecule has 0 atom stereocenters. The highest BCUT2D eigenvalue weighted by Gasteiger charge is 2.01. The van der Waals surface area contributed by atoms with Crippen molar-refractivity contribution in [3.63, 3.8) is 0 Å². The summed E-state index contributed by atoms with van der Waals surface area (Å²) in [6.45, 7) is 1.85. The molecule has 76 valence electrons. The third-order valence-electron chi connectivity index (χ3n) is 2.24. The van der Waals surface area contributed by atoms with Gasteiger partial charge in [-0.05, 0) is 47.9 Å². The lowest BCUT2D eigenvalue weighted by atomic mass is 10.0. The Balaban J connectivity index is 2.49. The molecule has 0 heterocycles. The SMILES string of the molecule is Cc1cc(F)cc(-c2ccc(O)cc2)c1. The van der Waals surface area contributed by atoms with Gasteiger partial charge in [-0.2, -0.15) is 0 Å². The summed E-state index contributed by atoms with van der Waals surface area (Å²) in [5.74, 6) is -0.0232. The Morgan fingerprint density at radius 3 is 2.20 bits per heavy atom. The first-order valence-electron chi connectivity index (χ1n) is 4.72. The second-order valence-electron chi connectivity index (χ2n) is 3.56. The minimum atomic E-state index is -0.238. The largest absolute Gasteiger partial charge is 0.508 e. The number of phenols is 1. The first kappa shape index (κ1) is 9.71. The average molecular weight is 202 g/mol. The third kappa shape index (κ3) is 2.15.